The molecular weight excluding hydrogens is 294 g/mol. The first-order chi connectivity index (χ1) is 11.7. The molecule has 0 aliphatic carbocycles. The van der Waals surface area contributed by atoms with Gasteiger partial charge in [0, 0.05) is 0 Å². The molecule has 1 aromatic heterocycles. The van der Waals surface area contributed by atoms with Crippen LogP contribution in [0.5, 0.6) is 0 Å². The van der Waals surface area contributed by atoms with Gasteiger partial charge in [0.2, 0.25) is 0 Å². The molecule has 118 valence electrons. The van der Waals surface area contributed by atoms with Crippen molar-refractivity contribution in [2.75, 3.05) is 0 Å². The number of para-hydroxylation sites is 1. The van der Waals surface area contributed by atoms with Gasteiger partial charge in [-0.25, -0.2) is 0 Å². The van der Waals surface area contributed by atoms with Crippen molar-refractivity contribution >= 4 is 11.0 Å². The topological polar surface area (TPSA) is 30.7 Å². The largest absolute Gasteiger partial charge is 0.150 e. The van der Waals surface area contributed by atoms with Gasteiger partial charge in [0.15, 0.2) is 0 Å². The predicted molar refractivity (Wildman–Crippen MR) is 97.6 cm³/mol. The lowest BCUT2D eigenvalue weighted by Gasteiger charge is -2.09. The van der Waals surface area contributed by atoms with E-state index in [-0.39, 0.29) is 0 Å². The Labute approximate surface area is 141 Å². The summed E-state index contributed by atoms with van der Waals surface area (Å²) in [5.74, 6) is 0. The van der Waals surface area contributed by atoms with Crippen molar-refractivity contribution in [2.24, 2.45) is 0 Å². The number of aromatic nitrogens is 3. The summed E-state index contributed by atoms with van der Waals surface area (Å²) in [4.78, 5) is 1.73. The Bertz CT molecular complexity index is 986. The predicted octanol–water partition coefficient (Wildman–Crippen LogP) is 4.63. The van der Waals surface area contributed by atoms with Crippen LogP contribution in [0.25, 0.3) is 16.7 Å². The molecule has 4 rings (SSSR count). The highest BCUT2D eigenvalue weighted by Gasteiger charge is 2.14. The maximum atomic E-state index is 4.79. The fraction of sp³-hybridized carbons (Fsp3) is 0.143. The summed E-state index contributed by atoms with van der Waals surface area (Å²) < 4.78 is 0. The van der Waals surface area contributed by atoms with E-state index in [1.165, 1.54) is 22.3 Å². The Morgan fingerprint density at radius 2 is 1.50 bits per heavy atom. The fourth-order valence-electron chi connectivity index (χ4n) is 3.05. The van der Waals surface area contributed by atoms with E-state index in [1.54, 1.807) is 4.80 Å². The highest BCUT2D eigenvalue weighted by molar-refractivity contribution is 5.81. The number of hydrogen-bond acceptors (Lipinski definition) is 2. The van der Waals surface area contributed by atoms with E-state index in [0.29, 0.717) is 0 Å². The standard InChI is InChI=1S/C21H19N3/c1-15-13-20-21(23-24(22-20)18-11-7-4-8-12-18)19(16(15)2)14-17-9-5-3-6-10-17/h3-13H,14H2,1-2H3. The summed E-state index contributed by atoms with van der Waals surface area (Å²) in [6.07, 6.45) is 0.873. The van der Waals surface area contributed by atoms with Crippen LogP contribution in [0, 0.1) is 13.8 Å². The maximum absolute atomic E-state index is 4.79. The second-order valence-electron chi connectivity index (χ2n) is 6.15. The average Bonchev–Trinajstić information content (AvgIpc) is 3.04. The lowest BCUT2D eigenvalue weighted by Crippen LogP contribution is -1.98. The molecule has 0 aliphatic heterocycles. The summed E-state index contributed by atoms with van der Waals surface area (Å²) in [5, 5.41) is 9.48. The van der Waals surface area contributed by atoms with Crippen molar-refractivity contribution < 1.29 is 0 Å². The molecule has 0 unspecified atom stereocenters. The first-order valence-corrected chi connectivity index (χ1v) is 8.18. The summed E-state index contributed by atoms with van der Waals surface area (Å²) in [6.45, 7) is 4.32. The van der Waals surface area contributed by atoms with Crippen LogP contribution in [0.15, 0.2) is 66.7 Å². The van der Waals surface area contributed by atoms with Gasteiger partial charge in [0.25, 0.3) is 0 Å². The van der Waals surface area contributed by atoms with Gasteiger partial charge < -0.3 is 0 Å². The molecule has 0 bridgehead atoms. The summed E-state index contributed by atoms with van der Waals surface area (Å²) in [5.41, 5.74) is 8.04. The van der Waals surface area contributed by atoms with Gasteiger partial charge in [-0.15, -0.1) is 10.2 Å². The molecule has 0 N–H and O–H groups in total. The monoisotopic (exact) mass is 313 g/mol. The smallest absolute Gasteiger partial charge is 0.117 e. The van der Waals surface area contributed by atoms with Gasteiger partial charge in [-0.1, -0.05) is 48.5 Å². The lowest BCUT2D eigenvalue weighted by molar-refractivity contribution is 0.765. The quantitative estimate of drug-likeness (QED) is 0.552. The van der Waals surface area contributed by atoms with E-state index in [1.807, 2.05) is 36.4 Å². The van der Waals surface area contributed by atoms with Crippen LogP contribution in [0.4, 0.5) is 0 Å². The molecule has 3 aromatic carbocycles. The lowest BCUT2D eigenvalue weighted by atomic mass is 9.96. The second-order valence-corrected chi connectivity index (χ2v) is 6.15. The van der Waals surface area contributed by atoms with Crippen LogP contribution in [0.3, 0.4) is 0 Å². The van der Waals surface area contributed by atoms with Crippen molar-refractivity contribution in [1.29, 1.82) is 0 Å². The molecular formula is C21H19N3. The zero-order valence-electron chi connectivity index (χ0n) is 13.9. The van der Waals surface area contributed by atoms with Gasteiger partial charge in [0.1, 0.15) is 11.0 Å². The molecule has 0 spiro atoms. The SMILES string of the molecule is Cc1cc2nn(-c3ccccc3)nc2c(Cc2ccccc2)c1C. The highest BCUT2D eigenvalue weighted by Crippen LogP contribution is 2.26. The van der Waals surface area contributed by atoms with Crippen LogP contribution >= 0.6 is 0 Å². The minimum Gasteiger partial charge on any atom is -0.150 e. The van der Waals surface area contributed by atoms with E-state index in [4.69, 9.17) is 10.2 Å². The highest BCUT2D eigenvalue weighted by atomic mass is 15.5. The minimum absolute atomic E-state index is 0.873. The first kappa shape index (κ1) is 14.6. The second kappa shape index (κ2) is 5.93. The Kier molecular flexibility index (Phi) is 3.62. The number of aryl methyl sites for hydroxylation is 1. The molecule has 0 fully saturated rings. The summed E-state index contributed by atoms with van der Waals surface area (Å²) in [7, 11) is 0. The van der Waals surface area contributed by atoms with Gasteiger partial charge in [0.05, 0.1) is 5.69 Å². The van der Waals surface area contributed by atoms with Crippen LogP contribution in [-0.2, 0) is 6.42 Å². The third-order valence-corrected chi connectivity index (χ3v) is 4.53. The fourth-order valence-corrected chi connectivity index (χ4v) is 3.05. The molecule has 0 radical (unpaired) electrons. The number of fused-ring (bicyclic) bond motifs is 1. The van der Waals surface area contributed by atoms with Gasteiger partial charge >= 0.3 is 0 Å². The van der Waals surface area contributed by atoms with Gasteiger partial charge in [-0.3, -0.25) is 0 Å². The van der Waals surface area contributed by atoms with Crippen molar-refractivity contribution in [1.82, 2.24) is 15.0 Å². The van der Waals surface area contributed by atoms with E-state index in [0.717, 1.165) is 23.1 Å². The third-order valence-electron chi connectivity index (χ3n) is 4.53. The van der Waals surface area contributed by atoms with Crippen LogP contribution in [0.2, 0.25) is 0 Å². The summed E-state index contributed by atoms with van der Waals surface area (Å²) >= 11 is 0. The molecule has 0 saturated heterocycles. The zero-order chi connectivity index (χ0) is 16.5. The Balaban J connectivity index is 1.88. The number of hydrogen-bond donors (Lipinski definition) is 0. The molecule has 0 amide bonds. The average molecular weight is 313 g/mol. The number of benzene rings is 3. The van der Waals surface area contributed by atoms with E-state index >= 15 is 0 Å². The third kappa shape index (κ3) is 2.58. The maximum Gasteiger partial charge on any atom is 0.117 e. The Hall–Kier alpha value is -2.94. The van der Waals surface area contributed by atoms with Crippen molar-refractivity contribution in [3.63, 3.8) is 0 Å². The molecule has 1 heterocycles. The molecule has 0 aliphatic rings. The van der Waals surface area contributed by atoms with Crippen LogP contribution in [0.1, 0.15) is 22.3 Å². The molecule has 4 aromatic rings. The van der Waals surface area contributed by atoms with E-state index < -0.39 is 0 Å². The Morgan fingerprint density at radius 3 is 2.21 bits per heavy atom. The molecule has 3 heteroatoms. The zero-order valence-corrected chi connectivity index (χ0v) is 13.9. The van der Waals surface area contributed by atoms with Gasteiger partial charge in [-0.05, 0) is 60.7 Å². The van der Waals surface area contributed by atoms with Gasteiger partial charge in [-0.2, -0.15) is 4.80 Å². The van der Waals surface area contributed by atoms with Crippen LogP contribution < -0.4 is 0 Å². The normalized spacial score (nSPS) is 11.1. The number of rotatable bonds is 3. The first-order valence-electron chi connectivity index (χ1n) is 8.18. The molecule has 0 saturated carbocycles. The van der Waals surface area contributed by atoms with Crippen LogP contribution in [-0.4, -0.2) is 15.0 Å². The molecule has 24 heavy (non-hydrogen) atoms. The van der Waals surface area contributed by atoms with E-state index in [2.05, 4.69) is 44.2 Å². The number of nitrogens with zero attached hydrogens (tertiary/aromatic N) is 3. The van der Waals surface area contributed by atoms with Crippen molar-refractivity contribution in [3.05, 3.63) is 89.0 Å². The Morgan fingerprint density at radius 1 is 0.833 bits per heavy atom. The van der Waals surface area contributed by atoms with Crippen molar-refractivity contribution in [2.45, 2.75) is 20.3 Å². The summed E-state index contributed by atoms with van der Waals surface area (Å²) in [6, 6.07) is 22.7. The molecule has 0 atom stereocenters. The minimum atomic E-state index is 0.873. The van der Waals surface area contributed by atoms with Crippen molar-refractivity contribution in [3.8, 4) is 5.69 Å². The van der Waals surface area contributed by atoms with E-state index in [9.17, 15) is 0 Å². The molecule has 3 nitrogen and oxygen atoms in total.